The number of methoxy groups -OCH3 is 1. The molecule has 0 bridgehead atoms. The first kappa shape index (κ1) is 11.3. The summed E-state index contributed by atoms with van der Waals surface area (Å²) in [5, 5.41) is 0. The van der Waals surface area contributed by atoms with Gasteiger partial charge in [-0.15, -0.1) is 0 Å². The lowest BCUT2D eigenvalue weighted by Crippen LogP contribution is -2.08. The molecule has 1 rings (SSSR count). The van der Waals surface area contributed by atoms with Crippen LogP contribution in [0.5, 0.6) is 0 Å². The van der Waals surface area contributed by atoms with Crippen LogP contribution in [0.4, 0.5) is 0 Å². The van der Waals surface area contributed by atoms with Crippen LogP contribution in [-0.4, -0.2) is 31.0 Å². The largest absolute Gasteiger partial charge is 0.380 e. The van der Waals surface area contributed by atoms with Crippen LogP contribution in [0.25, 0.3) is 0 Å². The van der Waals surface area contributed by atoms with Gasteiger partial charge in [0.2, 0.25) is 0 Å². The molecule has 0 amide bonds. The zero-order valence-corrected chi connectivity index (χ0v) is 9.86. The molecule has 1 unspecified atom stereocenters. The van der Waals surface area contributed by atoms with Crippen molar-refractivity contribution < 1.29 is 4.74 Å². The van der Waals surface area contributed by atoms with E-state index >= 15 is 0 Å². The minimum atomic E-state index is 0.159. The van der Waals surface area contributed by atoms with Gasteiger partial charge in [0.15, 0.2) is 0 Å². The van der Waals surface area contributed by atoms with Gasteiger partial charge in [-0.1, -0.05) is 0 Å². The quantitative estimate of drug-likeness (QED) is 0.775. The third-order valence-electron chi connectivity index (χ3n) is 1.73. The molecule has 1 aromatic heterocycles. The number of hydrogen-bond acceptors (Lipinski definition) is 3. The van der Waals surface area contributed by atoms with E-state index in [0.717, 1.165) is 10.0 Å². The molecule has 4 heteroatoms. The molecule has 0 aliphatic heterocycles. The summed E-state index contributed by atoms with van der Waals surface area (Å²) in [6.45, 7) is 2.65. The zero-order chi connectivity index (χ0) is 10.4. The maximum absolute atomic E-state index is 5.07. The Balaban J connectivity index is 2.51. The maximum Gasteiger partial charge on any atom is 0.0738 e. The first-order chi connectivity index (χ1) is 6.72. The zero-order valence-electron chi connectivity index (χ0n) is 8.27. The van der Waals surface area contributed by atoms with Gasteiger partial charge in [0.25, 0.3) is 0 Å². The smallest absolute Gasteiger partial charge is 0.0738 e. The fourth-order valence-electron chi connectivity index (χ4n) is 0.880. The van der Waals surface area contributed by atoms with Gasteiger partial charge in [-0.25, -0.2) is 0 Å². The molecule has 0 saturated carbocycles. The third-order valence-corrected chi connectivity index (χ3v) is 2.16. The lowest BCUT2D eigenvalue weighted by molar-refractivity contribution is 0.126. The van der Waals surface area contributed by atoms with E-state index in [4.69, 9.17) is 4.74 Å². The van der Waals surface area contributed by atoms with E-state index in [9.17, 15) is 0 Å². The molecule has 0 aromatic carbocycles. The van der Waals surface area contributed by atoms with Gasteiger partial charge in [0.1, 0.15) is 0 Å². The molecule has 0 aliphatic carbocycles. The van der Waals surface area contributed by atoms with Crippen molar-refractivity contribution in [3.05, 3.63) is 28.5 Å². The van der Waals surface area contributed by atoms with Crippen LogP contribution in [0.15, 0.2) is 27.9 Å². The Morgan fingerprint density at radius 2 is 2.43 bits per heavy atom. The summed E-state index contributed by atoms with van der Waals surface area (Å²) < 4.78 is 6.03. The lowest BCUT2D eigenvalue weighted by atomic mass is 10.3. The fraction of sp³-hybridized carbons (Fsp3) is 0.400. The number of halogens is 1. The molecule has 1 aromatic rings. The van der Waals surface area contributed by atoms with E-state index in [1.54, 1.807) is 25.7 Å². The Hall–Kier alpha value is -0.740. The predicted molar refractivity (Wildman–Crippen MR) is 60.9 cm³/mol. The van der Waals surface area contributed by atoms with Crippen LogP contribution in [-0.2, 0) is 4.74 Å². The van der Waals surface area contributed by atoms with E-state index in [2.05, 4.69) is 25.9 Å². The fourth-order valence-corrected chi connectivity index (χ4v) is 1.26. The molecule has 1 atom stereocenters. The van der Waals surface area contributed by atoms with Crippen molar-refractivity contribution in [1.82, 2.24) is 4.98 Å². The first-order valence-corrected chi connectivity index (χ1v) is 5.15. The molecule has 1 heterocycles. The van der Waals surface area contributed by atoms with E-state index in [-0.39, 0.29) is 6.10 Å². The molecule has 76 valence electrons. The number of nitrogens with zero attached hydrogens (tertiary/aromatic N) is 2. The molecule has 3 nitrogen and oxygen atoms in total. The van der Waals surface area contributed by atoms with Crippen molar-refractivity contribution in [2.45, 2.75) is 13.0 Å². The van der Waals surface area contributed by atoms with Crippen molar-refractivity contribution in [3.8, 4) is 0 Å². The van der Waals surface area contributed by atoms with Crippen LogP contribution in [0.1, 0.15) is 12.5 Å². The molecule has 0 aliphatic rings. The Labute approximate surface area is 92.4 Å². The minimum absolute atomic E-state index is 0.159. The molecule has 0 fully saturated rings. The molecule has 0 saturated heterocycles. The molecule has 14 heavy (non-hydrogen) atoms. The first-order valence-electron chi connectivity index (χ1n) is 4.35. The summed E-state index contributed by atoms with van der Waals surface area (Å²) in [6, 6.07) is 1.97. The molecular weight excluding hydrogens is 244 g/mol. The van der Waals surface area contributed by atoms with Crippen molar-refractivity contribution in [1.29, 1.82) is 0 Å². The molecule has 0 spiro atoms. The van der Waals surface area contributed by atoms with Gasteiger partial charge >= 0.3 is 0 Å². The number of ether oxygens (including phenoxy) is 1. The van der Waals surface area contributed by atoms with Gasteiger partial charge < -0.3 is 4.74 Å². The Morgan fingerprint density at radius 3 is 3.07 bits per heavy atom. The Morgan fingerprint density at radius 1 is 1.64 bits per heavy atom. The summed E-state index contributed by atoms with van der Waals surface area (Å²) in [4.78, 5) is 8.28. The Kier molecular flexibility index (Phi) is 4.76. The van der Waals surface area contributed by atoms with Gasteiger partial charge in [-0.05, 0) is 28.9 Å². The van der Waals surface area contributed by atoms with Gasteiger partial charge in [0, 0.05) is 35.8 Å². The van der Waals surface area contributed by atoms with E-state index in [0.29, 0.717) is 6.54 Å². The highest BCUT2D eigenvalue weighted by atomic mass is 79.9. The lowest BCUT2D eigenvalue weighted by Gasteiger charge is -2.03. The summed E-state index contributed by atoms with van der Waals surface area (Å²) >= 11 is 3.35. The number of pyridine rings is 1. The second-order valence-electron chi connectivity index (χ2n) is 2.98. The normalized spacial score (nSPS) is 13.4. The molecular formula is C10H13BrN2O. The average Bonchev–Trinajstić information content (AvgIpc) is 2.17. The number of rotatable bonds is 4. The van der Waals surface area contributed by atoms with Crippen LogP contribution >= 0.6 is 15.9 Å². The SMILES string of the molecule is COC(C)CN=Cc1cncc(Br)c1. The van der Waals surface area contributed by atoms with Crippen molar-refractivity contribution >= 4 is 22.1 Å². The van der Waals surface area contributed by atoms with E-state index in [1.165, 1.54) is 0 Å². The summed E-state index contributed by atoms with van der Waals surface area (Å²) in [6.07, 6.45) is 5.47. The van der Waals surface area contributed by atoms with Crippen molar-refractivity contribution in [2.75, 3.05) is 13.7 Å². The van der Waals surface area contributed by atoms with E-state index < -0.39 is 0 Å². The minimum Gasteiger partial charge on any atom is -0.380 e. The van der Waals surface area contributed by atoms with Gasteiger partial charge in [-0.3, -0.25) is 9.98 Å². The van der Waals surface area contributed by atoms with Crippen LogP contribution < -0.4 is 0 Å². The highest BCUT2D eigenvalue weighted by Crippen LogP contribution is 2.07. The number of aromatic nitrogens is 1. The van der Waals surface area contributed by atoms with Crippen LogP contribution in [0, 0.1) is 0 Å². The summed E-state index contributed by atoms with van der Waals surface area (Å²) in [7, 11) is 1.68. The highest BCUT2D eigenvalue weighted by Gasteiger charge is 1.95. The molecule has 0 N–H and O–H groups in total. The van der Waals surface area contributed by atoms with Crippen molar-refractivity contribution in [3.63, 3.8) is 0 Å². The van der Waals surface area contributed by atoms with Crippen LogP contribution in [0.3, 0.4) is 0 Å². The standard InChI is InChI=1S/C10H13BrN2O/c1-8(14-2)4-12-5-9-3-10(11)7-13-6-9/h3,5-8H,4H2,1-2H3. The second kappa shape index (κ2) is 5.88. The van der Waals surface area contributed by atoms with Gasteiger partial charge in [-0.2, -0.15) is 0 Å². The number of hydrogen-bond donors (Lipinski definition) is 0. The highest BCUT2D eigenvalue weighted by molar-refractivity contribution is 9.10. The van der Waals surface area contributed by atoms with Crippen LogP contribution in [0.2, 0.25) is 0 Å². The summed E-state index contributed by atoms with van der Waals surface area (Å²) in [5.74, 6) is 0. The Bertz CT molecular complexity index is 315. The average molecular weight is 257 g/mol. The summed E-state index contributed by atoms with van der Waals surface area (Å²) in [5.41, 5.74) is 0.989. The third kappa shape index (κ3) is 3.98. The molecule has 0 radical (unpaired) electrons. The monoisotopic (exact) mass is 256 g/mol. The van der Waals surface area contributed by atoms with Crippen molar-refractivity contribution in [2.24, 2.45) is 4.99 Å². The second-order valence-corrected chi connectivity index (χ2v) is 3.89. The van der Waals surface area contributed by atoms with Gasteiger partial charge in [0.05, 0.1) is 12.6 Å². The predicted octanol–water partition coefficient (Wildman–Crippen LogP) is 2.30. The maximum atomic E-state index is 5.07. The number of aliphatic imine (C=N–C) groups is 1. The van der Waals surface area contributed by atoms with E-state index in [1.807, 2.05) is 13.0 Å². The topological polar surface area (TPSA) is 34.5 Å².